The van der Waals surface area contributed by atoms with E-state index in [1.807, 2.05) is 6.92 Å². The van der Waals surface area contributed by atoms with Crippen molar-refractivity contribution in [1.29, 1.82) is 0 Å². The molecule has 2 rings (SSSR count). The molecule has 0 aromatic heterocycles. The summed E-state index contributed by atoms with van der Waals surface area (Å²) in [6.07, 6.45) is 0.378. The van der Waals surface area contributed by atoms with E-state index in [1.165, 1.54) is 18.2 Å². The van der Waals surface area contributed by atoms with E-state index in [2.05, 4.69) is 21.2 Å². The summed E-state index contributed by atoms with van der Waals surface area (Å²) < 4.78 is 28.3. The Kier molecular flexibility index (Phi) is 4.48. The number of ether oxygens (including phenoxy) is 1. The smallest absolute Gasteiger partial charge is 0.253 e. The summed E-state index contributed by atoms with van der Waals surface area (Å²) in [7, 11) is -3.76. The highest BCUT2D eigenvalue weighted by Crippen LogP contribution is 2.27. The molecule has 110 valence electrons. The first kappa shape index (κ1) is 15.4. The second kappa shape index (κ2) is 5.80. The Balaban J connectivity index is 2.16. The molecule has 1 aliphatic heterocycles. The normalized spacial score (nSPS) is 22.8. The Labute approximate surface area is 125 Å². The van der Waals surface area contributed by atoms with Gasteiger partial charge in [-0.3, -0.25) is 4.79 Å². The van der Waals surface area contributed by atoms with Crippen LogP contribution in [0.2, 0.25) is 0 Å². The molecular formula is C12H15BrN2O4S. The van der Waals surface area contributed by atoms with E-state index in [1.54, 1.807) is 0 Å². The van der Waals surface area contributed by atoms with Crippen LogP contribution in [0.5, 0.6) is 0 Å². The molecule has 0 radical (unpaired) electrons. The Morgan fingerprint density at radius 3 is 2.70 bits per heavy atom. The first-order valence-corrected chi connectivity index (χ1v) is 8.38. The van der Waals surface area contributed by atoms with Crippen LogP contribution >= 0.6 is 15.9 Å². The zero-order valence-corrected chi connectivity index (χ0v) is 13.2. The van der Waals surface area contributed by atoms with Crippen LogP contribution < -0.4 is 10.5 Å². The van der Waals surface area contributed by atoms with Crippen LogP contribution in [-0.2, 0) is 19.6 Å². The highest BCUT2D eigenvalue weighted by molar-refractivity contribution is 9.10. The summed E-state index contributed by atoms with van der Waals surface area (Å²) in [6, 6.07) is 4.18. The number of primary sulfonamides is 1. The standard InChI is InChI=1S/C12H15BrN2O4S/c1-7-4-5-19-11(7)12(16)15-10-3-2-8(6-9(10)13)20(14,17)18/h2-3,6-7,11H,4-5H2,1H3,(H,15,16)(H2,14,17,18). The number of halogens is 1. The molecule has 0 saturated carbocycles. The second-order valence-electron chi connectivity index (χ2n) is 4.73. The van der Waals surface area contributed by atoms with Gasteiger partial charge in [-0.05, 0) is 46.5 Å². The van der Waals surface area contributed by atoms with Gasteiger partial charge in [-0.15, -0.1) is 0 Å². The van der Waals surface area contributed by atoms with Gasteiger partial charge in [0.1, 0.15) is 6.10 Å². The van der Waals surface area contributed by atoms with E-state index in [0.717, 1.165) is 6.42 Å². The molecule has 3 N–H and O–H groups in total. The number of rotatable bonds is 3. The van der Waals surface area contributed by atoms with Crippen LogP contribution in [0.1, 0.15) is 13.3 Å². The fourth-order valence-corrected chi connectivity index (χ4v) is 3.18. The average molecular weight is 363 g/mol. The number of carbonyl (C=O) groups is 1. The molecule has 1 fully saturated rings. The lowest BCUT2D eigenvalue weighted by Crippen LogP contribution is -2.31. The minimum atomic E-state index is -3.76. The number of amides is 1. The lowest BCUT2D eigenvalue weighted by molar-refractivity contribution is -0.126. The molecule has 0 spiro atoms. The molecule has 1 aromatic carbocycles. The number of benzene rings is 1. The maximum Gasteiger partial charge on any atom is 0.253 e. The van der Waals surface area contributed by atoms with E-state index < -0.39 is 16.1 Å². The van der Waals surface area contributed by atoms with Crippen LogP contribution in [0.3, 0.4) is 0 Å². The summed E-state index contributed by atoms with van der Waals surface area (Å²) in [5.41, 5.74) is 0.477. The minimum absolute atomic E-state index is 0.0205. The summed E-state index contributed by atoms with van der Waals surface area (Å²) in [5.74, 6) is -0.0727. The van der Waals surface area contributed by atoms with E-state index in [9.17, 15) is 13.2 Å². The van der Waals surface area contributed by atoms with Gasteiger partial charge in [0.25, 0.3) is 5.91 Å². The summed E-state index contributed by atoms with van der Waals surface area (Å²) >= 11 is 3.22. The number of carbonyl (C=O) groups excluding carboxylic acids is 1. The van der Waals surface area contributed by atoms with Crippen LogP contribution in [0.15, 0.2) is 27.6 Å². The van der Waals surface area contributed by atoms with Crippen molar-refractivity contribution in [1.82, 2.24) is 0 Å². The predicted octanol–water partition coefficient (Wildman–Crippen LogP) is 1.46. The third-order valence-corrected chi connectivity index (χ3v) is 4.74. The molecule has 1 aromatic rings. The number of sulfonamides is 1. The molecule has 1 aliphatic rings. The van der Waals surface area contributed by atoms with Crippen molar-refractivity contribution in [3.8, 4) is 0 Å². The molecule has 1 heterocycles. The van der Waals surface area contributed by atoms with Gasteiger partial charge < -0.3 is 10.1 Å². The fraction of sp³-hybridized carbons (Fsp3) is 0.417. The monoisotopic (exact) mass is 362 g/mol. The van der Waals surface area contributed by atoms with Gasteiger partial charge in [-0.2, -0.15) is 0 Å². The largest absolute Gasteiger partial charge is 0.368 e. The van der Waals surface area contributed by atoms with Crippen LogP contribution in [0.4, 0.5) is 5.69 Å². The van der Waals surface area contributed by atoms with Crippen molar-refractivity contribution in [3.63, 3.8) is 0 Å². The van der Waals surface area contributed by atoms with Crippen LogP contribution in [0, 0.1) is 5.92 Å². The minimum Gasteiger partial charge on any atom is -0.368 e. The summed E-state index contributed by atoms with van der Waals surface area (Å²) in [5, 5.41) is 7.75. The van der Waals surface area contributed by atoms with Gasteiger partial charge in [-0.25, -0.2) is 13.6 Å². The molecule has 2 atom stereocenters. The summed E-state index contributed by atoms with van der Waals surface area (Å²) in [6.45, 7) is 2.53. The molecule has 1 amide bonds. The van der Waals surface area contributed by atoms with Crippen molar-refractivity contribution in [2.45, 2.75) is 24.3 Å². The third kappa shape index (κ3) is 3.38. The van der Waals surface area contributed by atoms with Gasteiger partial charge in [0.15, 0.2) is 0 Å². The number of hydrogen-bond acceptors (Lipinski definition) is 4. The Morgan fingerprint density at radius 1 is 1.50 bits per heavy atom. The Hall–Kier alpha value is -0.960. The van der Waals surface area contributed by atoms with Crippen molar-refractivity contribution in [2.24, 2.45) is 11.1 Å². The highest BCUT2D eigenvalue weighted by atomic mass is 79.9. The van der Waals surface area contributed by atoms with E-state index in [-0.39, 0.29) is 16.7 Å². The van der Waals surface area contributed by atoms with Crippen molar-refractivity contribution < 1.29 is 17.9 Å². The van der Waals surface area contributed by atoms with Crippen LogP contribution in [-0.4, -0.2) is 27.0 Å². The average Bonchev–Trinajstić information content (AvgIpc) is 2.76. The van der Waals surface area contributed by atoms with Gasteiger partial charge in [0.05, 0.1) is 10.6 Å². The number of nitrogens with one attached hydrogen (secondary N) is 1. The lowest BCUT2D eigenvalue weighted by atomic mass is 10.0. The second-order valence-corrected chi connectivity index (χ2v) is 7.15. The first-order valence-electron chi connectivity index (χ1n) is 6.04. The Morgan fingerprint density at radius 2 is 2.20 bits per heavy atom. The maximum absolute atomic E-state index is 12.1. The van der Waals surface area contributed by atoms with Gasteiger partial charge in [0.2, 0.25) is 10.0 Å². The molecule has 0 aliphatic carbocycles. The third-order valence-electron chi connectivity index (χ3n) is 3.17. The van der Waals surface area contributed by atoms with E-state index in [4.69, 9.17) is 9.88 Å². The van der Waals surface area contributed by atoms with Crippen molar-refractivity contribution in [3.05, 3.63) is 22.7 Å². The molecule has 1 saturated heterocycles. The van der Waals surface area contributed by atoms with E-state index >= 15 is 0 Å². The molecule has 20 heavy (non-hydrogen) atoms. The highest BCUT2D eigenvalue weighted by Gasteiger charge is 2.31. The van der Waals surface area contributed by atoms with Crippen LogP contribution in [0.25, 0.3) is 0 Å². The van der Waals surface area contributed by atoms with Crippen molar-refractivity contribution in [2.75, 3.05) is 11.9 Å². The van der Waals surface area contributed by atoms with E-state index in [0.29, 0.717) is 16.8 Å². The van der Waals surface area contributed by atoms with Gasteiger partial charge >= 0.3 is 0 Å². The maximum atomic E-state index is 12.1. The molecule has 8 heteroatoms. The lowest BCUT2D eigenvalue weighted by Gasteiger charge is -2.15. The number of nitrogens with two attached hydrogens (primary N) is 1. The van der Waals surface area contributed by atoms with Gasteiger partial charge in [0, 0.05) is 11.1 Å². The summed E-state index contributed by atoms with van der Waals surface area (Å²) in [4.78, 5) is 12.0. The first-order chi connectivity index (χ1) is 9.29. The topological polar surface area (TPSA) is 98.5 Å². The SMILES string of the molecule is CC1CCOC1C(=O)Nc1ccc(S(N)(=O)=O)cc1Br. The molecule has 2 unspecified atom stereocenters. The molecular weight excluding hydrogens is 348 g/mol. The quantitative estimate of drug-likeness (QED) is 0.849. The number of anilines is 1. The fourth-order valence-electron chi connectivity index (χ4n) is 2.01. The zero-order valence-electron chi connectivity index (χ0n) is 10.8. The molecule has 6 nitrogen and oxygen atoms in total. The zero-order chi connectivity index (χ0) is 14.9. The number of hydrogen-bond donors (Lipinski definition) is 2. The Bertz CT molecular complexity index is 632. The van der Waals surface area contributed by atoms with Gasteiger partial charge in [-0.1, -0.05) is 6.92 Å². The van der Waals surface area contributed by atoms with Crippen molar-refractivity contribution >= 4 is 37.5 Å². The molecule has 0 bridgehead atoms. The predicted molar refractivity (Wildman–Crippen MR) is 77.7 cm³/mol.